The molecule has 0 aliphatic heterocycles. The molecule has 0 amide bonds. The molecule has 0 N–H and O–H groups in total. The Morgan fingerprint density at radius 1 is 0.735 bits per heavy atom. The summed E-state index contributed by atoms with van der Waals surface area (Å²) in [5.41, 5.74) is 5.18. The van der Waals surface area contributed by atoms with E-state index in [0.29, 0.717) is 0 Å². The zero-order valence-electron chi connectivity index (χ0n) is 20.0. The molecule has 2 fully saturated rings. The van der Waals surface area contributed by atoms with E-state index in [-0.39, 0.29) is 51.0 Å². The fourth-order valence-electron chi connectivity index (χ4n) is 6.85. The van der Waals surface area contributed by atoms with Gasteiger partial charge in [0.15, 0.2) is 0 Å². The number of benzene rings is 2. The molecule has 34 heavy (non-hydrogen) atoms. The Bertz CT molecular complexity index is 1130. The largest absolute Gasteiger partial charge is 3.00 e. The van der Waals surface area contributed by atoms with Gasteiger partial charge < -0.3 is 24.8 Å². The third-order valence-corrected chi connectivity index (χ3v) is 12.2. The molecule has 3 aliphatic rings. The van der Waals surface area contributed by atoms with E-state index in [0.717, 1.165) is 17.5 Å². The van der Waals surface area contributed by atoms with Crippen LogP contribution in [0.4, 0.5) is 0 Å². The van der Waals surface area contributed by atoms with Crippen molar-refractivity contribution in [2.24, 2.45) is 0 Å². The molecule has 0 bridgehead atoms. The first-order valence-corrected chi connectivity index (χ1v) is 14.4. The molecule has 4 heteroatoms. The average molecular weight is 585 g/mol. The monoisotopic (exact) mass is 582 g/mol. The molecule has 3 aromatic carbocycles. The Balaban J connectivity index is 0.00000108. The molecule has 0 heterocycles. The van der Waals surface area contributed by atoms with Crippen LogP contribution >= 0.6 is 0 Å². The van der Waals surface area contributed by atoms with Crippen molar-refractivity contribution in [2.45, 2.75) is 81.7 Å². The summed E-state index contributed by atoms with van der Waals surface area (Å²) in [5.74, 6) is 0. The fourth-order valence-corrected chi connectivity index (χ4v) is 11.3. The summed E-state index contributed by atoms with van der Waals surface area (Å²) in [6.07, 6.45) is 22.9. The van der Waals surface area contributed by atoms with E-state index in [4.69, 9.17) is 0 Å². The van der Waals surface area contributed by atoms with Gasteiger partial charge in [-0.2, -0.15) is 0 Å². The van der Waals surface area contributed by atoms with Crippen molar-refractivity contribution in [3.05, 3.63) is 66.3 Å². The van der Waals surface area contributed by atoms with Gasteiger partial charge in [0.2, 0.25) is 0 Å². The van der Waals surface area contributed by atoms with E-state index in [1.165, 1.54) is 85.8 Å². The molecule has 176 valence electrons. The molecule has 0 atom stereocenters. The van der Waals surface area contributed by atoms with E-state index in [1.54, 1.807) is 16.3 Å². The van der Waals surface area contributed by atoms with Gasteiger partial charge in [-0.1, -0.05) is 129 Å². The molecular weight excluding hydrogens is 551 g/mol. The van der Waals surface area contributed by atoms with Gasteiger partial charge in [-0.25, -0.2) is 0 Å². The van der Waals surface area contributed by atoms with Crippen LogP contribution in [0.3, 0.4) is 0 Å². The molecule has 0 aromatic heterocycles. The van der Waals surface area contributed by atoms with E-state index in [9.17, 15) is 0 Å². The van der Waals surface area contributed by atoms with Crippen molar-refractivity contribution in [2.75, 3.05) is 0 Å². The van der Waals surface area contributed by atoms with Gasteiger partial charge in [0.05, 0.1) is 8.80 Å². The van der Waals surface area contributed by atoms with Crippen LogP contribution < -0.4 is 30.0 Å². The van der Waals surface area contributed by atoms with Crippen molar-refractivity contribution < 1.29 is 51.0 Å². The summed E-state index contributed by atoms with van der Waals surface area (Å²) in [6.45, 7) is 0. The van der Waals surface area contributed by atoms with Crippen LogP contribution in [0.1, 0.15) is 76.2 Å². The van der Waals surface area contributed by atoms with Crippen molar-refractivity contribution in [3.63, 3.8) is 0 Å². The zero-order chi connectivity index (χ0) is 20.6. The fraction of sp³-hybridized carbons (Fsp3) is 0.433. The van der Waals surface area contributed by atoms with Gasteiger partial charge in [0.25, 0.3) is 0 Å². The summed E-state index contributed by atoms with van der Waals surface area (Å²) in [4.78, 5) is 0. The Kier molecular flexibility index (Phi) is 10.4. The van der Waals surface area contributed by atoms with Crippen LogP contribution in [0.2, 0.25) is 11.1 Å². The van der Waals surface area contributed by atoms with Crippen LogP contribution in [-0.2, 0) is 26.2 Å². The summed E-state index contributed by atoms with van der Waals surface area (Å²) >= 11 is 0. The Morgan fingerprint density at radius 3 is 2.00 bits per heavy atom. The van der Waals surface area contributed by atoms with Gasteiger partial charge in [-0.3, -0.25) is 0 Å². The molecule has 0 spiro atoms. The van der Waals surface area contributed by atoms with E-state index >= 15 is 0 Å². The molecule has 6 rings (SSSR count). The number of hydrogen-bond acceptors (Lipinski definition) is 0. The van der Waals surface area contributed by atoms with E-state index in [2.05, 4.69) is 60.7 Å². The van der Waals surface area contributed by atoms with Gasteiger partial charge in [-0.15, -0.1) is 33.7 Å². The second-order valence-corrected chi connectivity index (χ2v) is 13.2. The molecule has 0 unspecified atom stereocenters. The molecule has 0 saturated heterocycles. The third kappa shape index (κ3) is 5.27. The van der Waals surface area contributed by atoms with Crippen LogP contribution in [0.5, 0.6) is 0 Å². The first kappa shape index (κ1) is 28.0. The van der Waals surface area contributed by atoms with E-state index < -0.39 is 8.80 Å². The van der Waals surface area contributed by atoms with Gasteiger partial charge >= 0.3 is 26.2 Å². The number of rotatable bonds is 4. The van der Waals surface area contributed by atoms with Gasteiger partial charge in [0.1, 0.15) is 0 Å². The summed E-state index contributed by atoms with van der Waals surface area (Å²) in [7, 11) is -0.586. The molecule has 2 saturated carbocycles. The minimum atomic E-state index is -0.586. The second kappa shape index (κ2) is 12.6. The third-order valence-electron chi connectivity index (χ3n) is 8.29. The normalized spacial score (nSPS) is 19.0. The smallest absolute Gasteiger partial charge is 1.00 e. The number of allylic oxidation sites excluding steroid dienone is 4. The standard InChI is InChI=1S/C30H34Si.2ClH.Zr/c1-3-14-24(15-4-1)31(25-16-5-2-6-17-25)29-20-19-27-26-18-10-9-13-23(26)21-28(27)30(29)22-11-7-8-12-22;;;/h7-11,13,18-21,24-25H,1-6,12,14-17H2;2*1H;/q-1;;;+3/p-2. The topological polar surface area (TPSA) is 0 Å². The van der Waals surface area contributed by atoms with E-state index in [1.807, 2.05) is 0 Å². The SMILES string of the molecule is C1=CCC(c2c([Si](C3CCCCC3)C3CCCCC3)ccc3c2[cH-]c2ccccc23)=C1.[Cl-].[Cl-].[Zr+3]. The van der Waals surface area contributed by atoms with Crippen LogP contribution in [0.25, 0.3) is 27.1 Å². The van der Waals surface area contributed by atoms with Crippen molar-refractivity contribution >= 4 is 41.1 Å². The maximum absolute atomic E-state index is 2.61. The van der Waals surface area contributed by atoms with Gasteiger partial charge in [0, 0.05) is 0 Å². The van der Waals surface area contributed by atoms with Crippen molar-refractivity contribution in [1.29, 1.82) is 0 Å². The first-order valence-electron chi connectivity index (χ1n) is 12.7. The number of fused-ring (bicyclic) bond motifs is 3. The van der Waals surface area contributed by atoms with Gasteiger partial charge in [-0.05, 0) is 17.5 Å². The molecular formula is C30H34Cl2SiZr. The zero-order valence-corrected chi connectivity index (χ0v) is 24.9. The molecule has 2 radical (unpaired) electrons. The Morgan fingerprint density at radius 2 is 1.38 bits per heavy atom. The minimum absolute atomic E-state index is 0. The van der Waals surface area contributed by atoms with Crippen molar-refractivity contribution in [3.8, 4) is 0 Å². The molecule has 3 aromatic rings. The first-order chi connectivity index (χ1) is 15.4. The minimum Gasteiger partial charge on any atom is -1.00 e. The second-order valence-electron chi connectivity index (χ2n) is 10.1. The summed E-state index contributed by atoms with van der Waals surface area (Å²) in [5, 5.41) is 7.63. The molecule has 0 nitrogen and oxygen atoms in total. The Labute approximate surface area is 238 Å². The molecule has 3 aliphatic carbocycles. The number of hydrogen-bond donors (Lipinski definition) is 0. The van der Waals surface area contributed by atoms with Crippen LogP contribution in [-0.4, -0.2) is 8.80 Å². The van der Waals surface area contributed by atoms with Crippen molar-refractivity contribution in [1.82, 2.24) is 0 Å². The summed E-state index contributed by atoms with van der Waals surface area (Å²) in [6, 6.07) is 16.6. The quantitative estimate of drug-likeness (QED) is 0.327. The van der Waals surface area contributed by atoms with Crippen LogP contribution in [0.15, 0.2) is 60.7 Å². The number of halogens is 2. The summed E-state index contributed by atoms with van der Waals surface area (Å²) < 4.78 is 0. The van der Waals surface area contributed by atoms with Crippen LogP contribution in [0, 0.1) is 0 Å². The maximum Gasteiger partial charge on any atom is 3.00 e. The predicted molar refractivity (Wildman–Crippen MR) is 138 cm³/mol. The maximum atomic E-state index is 2.61. The predicted octanol–water partition coefficient (Wildman–Crippen LogP) is 2.43. The average Bonchev–Trinajstić information content (AvgIpc) is 3.49. The Hall–Kier alpha value is -0.530.